The number of benzene rings is 1. The number of hydrogen-bond acceptors (Lipinski definition) is 2. The van der Waals surface area contributed by atoms with Gasteiger partial charge in [0.05, 0.1) is 0 Å². The fourth-order valence-electron chi connectivity index (χ4n) is 1.43. The summed E-state index contributed by atoms with van der Waals surface area (Å²) in [5, 5.41) is 8.99. The topological polar surface area (TPSA) is 63.3 Å². The third-order valence-corrected chi connectivity index (χ3v) is 2.61. The minimum absolute atomic E-state index is 0.671. The zero-order valence-corrected chi connectivity index (χ0v) is 8.66. The summed E-state index contributed by atoms with van der Waals surface area (Å²) in [7, 11) is 0. The van der Waals surface area contributed by atoms with Crippen molar-refractivity contribution < 1.29 is 9.90 Å². The van der Waals surface area contributed by atoms with Gasteiger partial charge in [0, 0.05) is 0 Å². The highest BCUT2D eigenvalue weighted by Gasteiger charge is 2.31. The highest BCUT2D eigenvalue weighted by molar-refractivity contribution is 5.80. The van der Waals surface area contributed by atoms with E-state index in [2.05, 4.69) is 0 Å². The average Bonchev–Trinajstić information content (AvgIpc) is 2.09. The van der Waals surface area contributed by atoms with Crippen LogP contribution in [0.3, 0.4) is 0 Å². The summed E-state index contributed by atoms with van der Waals surface area (Å²) in [5.41, 5.74) is 7.11. The van der Waals surface area contributed by atoms with Crippen molar-refractivity contribution in [3.8, 4) is 0 Å². The van der Waals surface area contributed by atoms with Crippen LogP contribution < -0.4 is 5.73 Å². The zero-order valence-electron chi connectivity index (χ0n) is 8.66. The predicted octanol–water partition coefficient (Wildman–Crippen LogP) is 1.56. The number of carboxylic acids is 1. The van der Waals surface area contributed by atoms with E-state index in [0.29, 0.717) is 5.56 Å². The van der Waals surface area contributed by atoms with Crippen LogP contribution in [0, 0.1) is 13.8 Å². The molecule has 1 aromatic carbocycles. The summed E-state index contributed by atoms with van der Waals surface area (Å²) in [5.74, 6) is -1.01. The second-order valence-corrected chi connectivity index (χ2v) is 3.75. The van der Waals surface area contributed by atoms with Crippen molar-refractivity contribution in [1.82, 2.24) is 0 Å². The van der Waals surface area contributed by atoms with E-state index in [1.54, 1.807) is 6.07 Å². The summed E-state index contributed by atoms with van der Waals surface area (Å²) < 4.78 is 0. The number of aryl methyl sites for hydroxylation is 1. The largest absolute Gasteiger partial charge is 0.480 e. The lowest BCUT2D eigenvalue weighted by atomic mass is 9.88. The standard InChI is InChI=1S/C11H15NO2/c1-7-5-4-6-9(8(7)2)11(3,12)10(13)14/h4-6H,12H2,1-3H3,(H,13,14). The van der Waals surface area contributed by atoms with E-state index in [-0.39, 0.29) is 0 Å². The molecule has 0 aliphatic carbocycles. The van der Waals surface area contributed by atoms with Crippen LogP contribution in [0.5, 0.6) is 0 Å². The minimum atomic E-state index is -1.31. The molecule has 14 heavy (non-hydrogen) atoms. The molecule has 1 aromatic rings. The Morgan fingerprint density at radius 3 is 2.50 bits per heavy atom. The second kappa shape index (κ2) is 3.42. The molecule has 0 aliphatic rings. The molecule has 1 unspecified atom stereocenters. The van der Waals surface area contributed by atoms with Gasteiger partial charge in [-0.25, -0.2) is 4.79 Å². The normalized spacial score (nSPS) is 14.9. The van der Waals surface area contributed by atoms with E-state index < -0.39 is 11.5 Å². The number of rotatable bonds is 2. The molecule has 0 fully saturated rings. The molecule has 0 aliphatic heterocycles. The molecule has 1 atom stereocenters. The Hall–Kier alpha value is -1.35. The number of carbonyl (C=O) groups is 1. The maximum absolute atomic E-state index is 11.0. The van der Waals surface area contributed by atoms with Crippen LogP contribution in [0.4, 0.5) is 0 Å². The first kappa shape index (κ1) is 10.7. The monoisotopic (exact) mass is 193 g/mol. The number of hydrogen-bond donors (Lipinski definition) is 2. The molecule has 1 rings (SSSR count). The van der Waals surface area contributed by atoms with Crippen LogP contribution in [0.2, 0.25) is 0 Å². The smallest absolute Gasteiger partial charge is 0.328 e. The maximum atomic E-state index is 11.0. The Labute approximate surface area is 83.6 Å². The molecular formula is C11H15NO2. The van der Waals surface area contributed by atoms with Crippen molar-refractivity contribution in [3.63, 3.8) is 0 Å². The highest BCUT2D eigenvalue weighted by Crippen LogP contribution is 2.23. The van der Waals surface area contributed by atoms with E-state index in [9.17, 15) is 4.79 Å². The molecule has 76 valence electrons. The van der Waals surface area contributed by atoms with E-state index in [0.717, 1.165) is 11.1 Å². The van der Waals surface area contributed by atoms with E-state index in [1.807, 2.05) is 26.0 Å². The molecule has 0 saturated heterocycles. The van der Waals surface area contributed by atoms with Crippen molar-refractivity contribution in [1.29, 1.82) is 0 Å². The number of nitrogens with two attached hydrogens (primary N) is 1. The second-order valence-electron chi connectivity index (χ2n) is 3.75. The fourth-order valence-corrected chi connectivity index (χ4v) is 1.43. The van der Waals surface area contributed by atoms with Gasteiger partial charge in [0.25, 0.3) is 0 Å². The summed E-state index contributed by atoms with van der Waals surface area (Å²) in [6.07, 6.45) is 0. The number of aliphatic carboxylic acids is 1. The molecule has 3 N–H and O–H groups in total. The molecule has 0 radical (unpaired) electrons. The maximum Gasteiger partial charge on any atom is 0.328 e. The van der Waals surface area contributed by atoms with Gasteiger partial charge in [-0.3, -0.25) is 0 Å². The highest BCUT2D eigenvalue weighted by atomic mass is 16.4. The molecule has 0 saturated carbocycles. The Bertz CT molecular complexity index is 370. The SMILES string of the molecule is Cc1cccc(C(C)(N)C(=O)O)c1C. The van der Waals surface area contributed by atoms with Crippen molar-refractivity contribution >= 4 is 5.97 Å². The van der Waals surface area contributed by atoms with Gasteiger partial charge in [0.2, 0.25) is 0 Å². The number of carboxylic acid groups (broad SMARTS) is 1. The van der Waals surface area contributed by atoms with Crippen molar-refractivity contribution in [3.05, 3.63) is 34.9 Å². The van der Waals surface area contributed by atoms with Crippen molar-refractivity contribution in [2.75, 3.05) is 0 Å². The molecule has 3 nitrogen and oxygen atoms in total. The third kappa shape index (κ3) is 1.63. The van der Waals surface area contributed by atoms with Gasteiger partial charge in [-0.05, 0) is 37.5 Å². The lowest BCUT2D eigenvalue weighted by Gasteiger charge is -2.22. The van der Waals surface area contributed by atoms with Crippen LogP contribution in [0.1, 0.15) is 23.6 Å². The van der Waals surface area contributed by atoms with Gasteiger partial charge in [0.15, 0.2) is 0 Å². The van der Waals surface area contributed by atoms with Crippen LogP contribution in [0.25, 0.3) is 0 Å². The molecule has 0 aromatic heterocycles. The molecule has 0 spiro atoms. The van der Waals surface area contributed by atoms with E-state index >= 15 is 0 Å². The van der Waals surface area contributed by atoms with Gasteiger partial charge in [-0.2, -0.15) is 0 Å². The summed E-state index contributed by atoms with van der Waals surface area (Å²) in [6, 6.07) is 5.53. The van der Waals surface area contributed by atoms with E-state index in [4.69, 9.17) is 10.8 Å². The predicted molar refractivity (Wildman–Crippen MR) is 55.1 cm³/mol. The lowest BCUT2D eigenvalue weighted by Crippen LogP contribution is -2.42. The third-order valence-electron chi connectivity index (χ3n) is 2.61. The average molecular weight is 193 g/mol. The van der Waals surface area contributed by atoms with Crippen molar-refractivity contribution in [2.24, 2.45) is 5.73 Å². The lowest BCUT2D eigenvalue weighted by molar-refractivity contribution is -0.143. The summed E-state index contributed by atoms with van der Waals surface area (Å²) in [4.78, 5) is 11.0. The molecule has 0 bridgehead atoms. The molecule has 0 amide bonds. The van der Waals surface area contributed by atoms with Crippen LogP contribution >= 0.6 is 0 Å². The molecule has 3 heteroatoms. The van der Waals surface area contributed by atoms with Gasteiger partial charge in [-0.15, -0.1) is 0 Å². The van der Waals surface area contributed by atoms with Gasteiger partial charge >= 0.3 is 5.97 Å². The van der Waals surface area contributed by atoms with Crippen LogP contribution in [-0.2, 0) is 10.3 Å². The van der Waals surface area contributed by atoms with Gasteiger partial charge in [0.1, 0.15) is 5.54 Å². The summed E-state index contributed by atoms with van der Waals surface area (Å²) >= 11 is 0. The van der Waals surface area contributed by atoms with E-state index in [1.165, 1.54) is 6.92 Å². The Morgan fingerprint density at radius 1 is 1.43 bits per heavy atom. The molecule has 0 heterocycles. The Balaban J connectivity index is 3.33. The van der Waals surface area contributed by atoms with Crippen molar-refractivity contribution in [2.45, 2.75) is 26.3 Å². The van der Waals surface area contributed by atoms with Gasteiger partial charge < -0.3 is 10.8 Å². The first-order chi connectivity index (χ1) is 6.37. The van der Waals surface area contributed by atoms with Crippen LogP contribution in [0.15, 0.2) is 18.2 Å². The quantitative estimate of drug-likeness (QED) is 0.749. The Morgan fingerprint density at radius 2 is 2.00 bits per heavy atom. The van der Waals surface area contributed by atoms with Gasteiger partial charge in [-0.1, -0.05) is 18.2 Å². The zero-order chi connectivity index (χ0) is 10.9. The fraction of sp³-hybridized carbons (Fsp3) is 0.364. The molecular weight excluding hydrogens is 178 g/mol. The van der Waals surface area contributed by atoms with Crippen LogP contribution in [-0.4, -0.2) is 11.1 Å². The first-order valence-corrected chi connectivity index (χ1v) is 4.46. The summed E-state index contributed by atoms with van der Waals surface area (Å²) in [6.45, 7) is 5.34. The minimum Gasteiger partial charge on any atom is -0.480 e. The first-order valence-electron chi connectivity index (χ1n) is 4.46. The Kier molecular flexibility index (Phi) is 2.62.